The molecule has 1 aromatic rings. The van der Waals surface area contributed by atoms with Gasteiger partial charge in [-0.15, -0.1) is 0 Å². The van der Waals surface area contributed by atoms with Crippen molar-refractivity contribution in [2.45, 2.75) is 25.3 Å². The highest BCUT2D eigenvalue weighted by molar-refractivity contribution is 5.82. The number of amides is 1. The van der Waals surface area contributed by atoms with E-state index >= 15 is 0 Å². The molecular formula is C16H23N3O. The van der Waals surface area contributed by atoms with Crippen LogP contribution in [0.5, 0.6) is 0 Å². The molecule has 2 fully saturated rings. The number of anilines is 1. The molecule has 3 rings (SSSR count). The summed E-state index contributed by atoms with van der Waals surface area (Å²) in [6.45, 7) is 4.68. The van der Waals surface area contributed by atoms with Crippen LogP contribution >= 0.6 is 0 Å². The Labute approximate surface area is 120 Å². The van der Waals surface area contributed by atoms with Crippen LogP contribution in [0.25, 0.3) is 0 Å². The molecule has 1 atom stereocenters. The van der Waals surface area contributed by atoms with Crippen molar-refractivity contribution in [3.05, 3.63) is 30.3 Å². The molecule has 2 aliphatic rings. The van der Waals surface area contributed by atoms with Gasteiger partial charge < -0.3 is 15.1 Å². The third-order valence-corrected chi connectivity index (χ3v) is 4.29. The van der Waals surface area contributed by atoms with E-state index in [0.29, 0.717) is 5.91 Å². The molecule has 0 bridgehead atoms. The van der Waals surface area contributed by atoms with Gasteiger partial charge in [-0.1, -0.05) is 18.2 Å². The zero-order chi connectivity index (χ0) is 13.8. The highest BCUT2D eigenvalue weighted by Gasteiger charge is 2.28. The van der Waals surface area contributed by atoms with Crippen molar-refractivity contribution >= 4 is 11.6 Å². The fraction of sp³-hybridized carbons (Fsp3) is 0.562. The molecule has 20 heavy (non-hydrogen) atoms. The SMILES string of the molecule is O=C(C1CCCN1)N1CCCN(c2ccccc2)CC1. The third kappa shape index (κ3) is 2.96. The van der Waals surface area contributed by atoms with Gasteiger partial charge in [0.25, 0.3) is 0 Å². The molecule has 1 N–H and O–H groups in total. The highest BCUT2D eigenvalue weighted by Crippen LogP contribution is 2.17. The van der Waals surface area contributed by atoms with Crippen molar-refractivity contribution in [2.24, 2.45) is 0 Å². The highest BCUT2D eigenvalue weighted by atomic mass is 16.2. The smallest absolute Gasteiger partial charge is 0.239 e. The normalized spacial score (nSPS) is 23.7. The maximum absolute atomic E-state index is 12.4. The molecule has 4 heteroatoms. The van der Waals surface area contributed by atoms with Gasteiger partial charge in [0.05, 0.1) is 6.04 Å². The molecule has 0 aromatic heterocycles. The van der Waals surface area contributed by atoms with Gasteiger partial charge in [-0.3, -0.25) is 4.79 Å². The summed E-state index contributed by atoms with van der Waals surface area (Å²) in [6, 6.07) is 10.6. The fourth-order valence-electron chi connectivity index (χ4n) is 3.15. The van der Waals surface area contributed by atoms with Gasteiger partial charge in [0.15, 0.2) is 0 Å². The van der Waals surface area contributed by atoms with E-state index in [2.05, 4.69) is 34.5 Å². The van der Waals surface area contributed by atoms with Crippen molar-refractivity contribution < 1.29 is 4.79 Å². The van der Waals surface area contributed by atoms with Gasteiger partial charge in [-0.25, -0.2) is 0 Å². The lowest BCUT2D eigenvalue weighted by molar-refractivity contribution is -0.132. The zero-order valence-corrected chi connectivity index (χ0v) is 11.9. The second kappa shape index (κ2) is 6.27. The van der Waals surface area contributed by atoms with Crippen molar-refractivity contribution in [1.82, 2.24) is 10.2 Å². The molecule has 108 valence electrons. The van der Waals surface area contributed by atoms with E-state index in [0.717, 1.165) is 52.0 Å². The van der Waals surface area contributed by atoms with Crippen LogP contribution in [0.4, 0.5) is 5.69 Å². The van der Waals surface area contributed by atoms with Crippen LogP contribution in [-0.4, -0.2) is 49.6 Å². The molecule has 1 unspecified atom stereocenters. The van der Waals surface area contributed by atoms with Crippen molar-refractivity contribution in [1.29, 1.82) is 0 Å². The second-order valence-corrected chi connectivity index (χ2v) is 5.65. The molecular weight excluding hydrogens is 250 g/mol. The fourth-order valence-corrected chi connectivity index (χ4v) is 3.15. The number of nitrogens with zero attached hydrogens (tertiary/aromatic N) is 2. The van der Waals surface area contributed by atoms with E-state index in [1.165, 1.54) is 5.69 Å². The lowest BCUT2D eigenvalue weighted by Gasteiger charge is -2.25. The van der Waals surface area contributed by atoms with Gasteiger partial charge in [-0.2, -0.15) is 0 Å². The minimum Gasteiger partial charge on any atom is -0.370 e. The first-order valence-electron chi connectivity index (χ1n) is 7.67. The standard InChI is InChI=1S/C16H23N3O/c20-16(15-8-4-9-17-15)19-11-5-10-18(12-13-19)14-6-2-1-3-7-14/h1-3,6-7,15,17H,4-5,8-13H2. The van der Waals surface area contributed by atoms with E-state index < -0.39 is 0 Å². The van der Waals surface area contributed by atoms with Crippen LogP contribution in [0.2, 0.25) is 0 Å². The molecule has 1 aromatic carbocycles. The maximum atomic E-state index is 12.4. The molecule has 1 amide bonds. The summed E-state index contributed by atoms with van der Waals surface area (Å²) in [5, 5.41) is 3.31. The summed E-state index contributed by atoms with van der Waals surface area (Å²) in [6.07, 6.45) is 3.17. The van der Waals surface area contributed by atoms with Crippen LogP contribution in [0.3, 0.4) is 0 Å². The van der Waals surface area contributed by atoms with E-state index in [4.69, 9.17) is 0 Å². The van der Waals surface area contributed by atoms with Crippen LogP contribution in [0, 0.1) is 0 Å². The van der Waals surface area contributed by atoms with E-state index in [1.807, 2.05) is 11.0 Å². The van der Waals surface area contributed by atoms with Crippen LogP contribution in [-0.2, 0) is 4.79 Å². The van der Waals surface area contributed by atoms with Gasteiger partial charge in [0.2, 0.25) is 5.91 Å². The minimum atomic E-state index is 0.0678. The Morgan fingerprint density at radius 2 is 1.90 bits per heavy atom. The van der Waals surface area contributed by atoms with E-state index in [1.54, 1.807) is 0 Å². The minimum absolute atomic E-state index is 0.0678. The first kappa shape index (κ1) is 13.4. The van der Waals surface area contributed by atoms with Crippen molar-refractivity contribution in [2.75, 3.05) is 37.6 Å². The number of hydrogen-bond acceptors (Lipinski definition) is 3. The summed E-state index contributed by atoms with van der Waals surface area (Å²) in [5.74, 6) is 0.303. The number of para-hydroxylation sites is 1. The van der Waals surface area contributed by atoms with Crippen LogP contribution < -0.4 is 10.2 Å². The maximum Gasteiger partial charge on any atom is 0.239 e. The number of nitrogens with one attached hydrogen (secondary N) is 1. The Hall–Kier alpha value is -1.55. The number of rotatable bonds is 2. The average molecular weight is 273 g/mol. The average Bonchev–Trinajstić information content (AvgIpc) is 2.92. The monoisotopic (exact) mass is 273 g/mol. The lowest BCUT2D eigenvalue weighted by Crippen LogP contribution is -2.45. The summed E-state index contributed by atoms with van der Waals surface area (Å²) >= 11 is 0. The molecule has 0 radical (unpaired) electrons. The van der Waals surface area contributed by atoms with Gasteiger partial charge in [0, 0.05) is 31.9 Å². The van der Waals surface area contributed by atoms with Crippen LogP contribution in [0.15, 0.2) is 30.3 Å². The predicted octanol–water partition coefficient (Wildman–Crippen LogP) is 1.48. The predicted molar refractivity (Wildman–Crippen MR) is 80.9 cm³/mol. The zero-order valence-electron chi connectivity index (χ0n) is 11.9. The number of benzene rings is 1. The molecule has 2 aliphatic heterocycles. The summed E-state index contributed by atoms with van der Waals surface area (Å²) < 4.78 is 0. The Kier molecular flexibility index (Phi) is 4.21. The Balaban J connectivity index is 1.60. The molecule has 2 heterocycles. The van der Waals surface area contributed by atoms with Crippen molar-refractivity contribution in [3.8, 4) is 0 Å². The Bertz CT molecular complexity index is 442. The Morgan fingerprint density at radius 3 is 2.65 bits per heavy atom. The molecule has 2 saturated heterocycles. The number of hydrogen-bond donors (Lipinski definition) is 1. The van der Waals surface area contributed by atoms with Crippen LogP contribution in [0.1, 0.15) is 19.3 Å². The number of carbonyl (C=O) groups is 1. The quantitative estimate of drug-likeness (QED) is 0.886. The van der Waals surface area contributed by atoms with E-state index in [-0.39, 0.29) is 6.04 Å². The first-order valence-corrected chi connectivity index (χ1v) is 7.67. The summed E-state index contributed by atoms with van der Waals surface area (Å²) in [7, 11) is 0. The van der Waals surface area contributed by atoms with Gasteiger partial charge in [0.1, 0.15) is 0 Å². The topological polar surface area (TPSA) is 35.6 Å². The van der Waals surface area contributed by atoms with E-state index in [9.17, 15) is 4.79 Å². The van der Waals surface area contributed by atoms with Gasteiger partial charge >= 0.3 is 0 Å². The molecule has 0 spiro atoms. The van der Waals surface area contributed by atoms with Crippen molar-refractivity contribution in [3.63, 3.8) is 0 Å². The lowest BCUT2D eigenvalue weighted by atomic mass is 10.2. The Morgan fingerprint density at radius 1 is 1.05 bits per heavy atom. The molecule has 0 saturated carbocycles. The largest absolute Gasteiger partial charge is 0.370 e. The first-order chi connectivity index (χ1) is 9.84. The molecule has 4 nitrogen and oxygen atoms in total. The molecule has 0 aliphatic carbocycles. The summed E-state index contributed by atoms with van der Waals surface area (Å²) in [5.41, 5.74) is 1.26. The third-order valence-electron chi connectivity index (χ3n) is 4.29. The van der Waals surface area contributed by atoms with Gasteiger partial charge in [-0.05, 0) is 37.9 Å². The summed E-state index contributed by atoms with van der Waals surface area (Å²) in [4.78, 5) is 16.9. The number of carbonyl (C=O) groups excluding carboxylic acids is 1. The second-order valence-electron chi connectivity index (χ2n) is 5.65.